The highest BCUT2D eigenvalue weighted by atomic mass is 32.1. The Hall–Kier alpha value is -3.53. The summed E-state index contributed by atoms with van der Waals surface area (Å²) in [5.41, 5.74) is 0.672. The Morgan fingerprint density at radius 2 is 1.80 bits per heavy atom. The van der Waals surface area contributed by atoms with Crippen LogP contribution in [0.5, 0.6) is 5.75 Å². The van der Waals surface area contributed by atoms with Crippen LogP contribution < -0.4 is 15.4 Å². The largest absolute Gasteiger partial charge is 0.490 e. The summed E-state index contributed by atoms with van der Waals surface area (Å²) in [5, 5.41) is 16.3. The van der Waals surface area contributed by atoms with Crippen LogP contribution in [0.15, 0.2) is 42.5 Å². The number of nitro benzene ring substituents is 1. The van der Waals surface area contributed by atoms with Gasteiger partial charge in [-0.25, -0.2) is 4.79 Å². The molecule has 0 unspecified atom stereocenters. The third-order valence-electron chi connectivity index (χ3n) is 3.97. The van der Waals surface area contributed by atoms with Gasteiger partial charge in [-0.1, -0.05) is 13.3 Å². The number of nitrogens with zero attached hydrogens (tertiary/aromatic N) is 1. The molecular formula is C20H21N3O6S. The van der Waals surface area contributed by atoms with Crippen molar-refractivity contribution in [3.63, 3.8) is 0 Å². The van der Waals surface area contributed by atoms with Crippen molar-refractivity contribution in [2.75, 3.05) is 19.0 Å². The van der Waals surface area contributed by atoms with Crippen LogP contribution in [0.2, 0.25) is 0 Å². The summed E-state index contributed by atoms with van der Waals surface area (Å²) in [6.07, 6.45) is 1.74. The lowest BCUT2D eigenvalue weighted by atomic mass is 10.1. The topological polar surface area (TPSA) is 120 Å². The number of carbonyl (C=O) groups excluding carboxylic acids is 2. The van der Waals surface area contributed by atoms with Gasteiger partial charge in [0.1, 0.15) is 0 Å². The minimum Gasteiger partial charge on any atom is -0.490 e. The predicted octanol–water partition coefficient (Wildman–Crippen LogP) is 3.69. The average molecular weight is 431 g/mol. The van der Waals surface area contributed by atoms with E-state index in [0.29, 0.717) is 17.9 Å². The number of thiocarbonyl (C=S) groups is 1. The first kappa shape index (κ1) is 22.8. The first-order valence-corrected chi connectivity index (χ1v) is 9.48. The fraction of sp³-hybridized carbons (Fsp3) is 0.250. The molecule has 30 heavy (non-hydrogen) atoms. The Morgan fingerprint density at radius 3 is 2.40 bits per heavy atom. The van der Waals surface area contributed by atoms with Crippen LogP contribution >= 0.6 is 12.2 Å². The maximum absolute atomic E-state index is 12.3. The van der Waals surface area contributed by atoms with Crippen molar-refractivity contribution in [2.45, 2.75) is 19.8 Å². The van der Waals surface area contributed by atoms with E-state index in [0.717, 1.165) is 18.9 Å². The normalized spacial score (nSPS) is 10.1. The van der Waals surface area contributed by atoms with Gasteiger partial charge in [0, 0.05) is 17.3 Å². The monoisotopic (exact) mass is 431 g/mol. The van der Waals surface area contributed by atoms with Crippen molar-refractivity contribution in [2.24, 2.45) is 0 Å². The van der Waals surface area contributed by atoms with Crippen LogP contribution in [0, 0.1) is 10.1 Å². The molecule has 158 valence electrons. The zero-order valence-electron chi connectivity index (χ0n) is 16.5. The molecule has 0 aliphatic heterocycles. The number of benzene rings is 2. The fourth-order valence-electron chi connectivity index (χ4n) is 2.39. The van der Waals surface area contributed by atoms with E-state index >= 15 is 0 Å². The third-order valence-corrected chi connectivity index (χ3v) is 4.18. The molecule has 0 spiro atoms. The zero-order valence-corrected chi connectivity index (χ0v) is 17.3. The second-order valence-corrected chi connectivity index (χ2v) is 6.53. The number of nitrogens with one attached hydrogen (secondary N) is 2. The first-order valence-electron chi connectivity index (χ1n) is 9.07. The van der Waals surface area contributed by atoms with E-state index in [-0.39, 0.29) is 22.1 Å². The van der Waals surface area contributed by atoms with E-state index in [1.807, 2.05) is 6.92 Å². The van der Waals surface area contributed by atoms with Crippen LogP contribution in [-0.2, 0) is 4.74 Å². The number of esters is 1. The number of amides is 1. The second kappa shape index (κ2) is 10.9. The lowest BCUT2D eigenvalue weighted by molar-refractivity contribution is -0.385. The van der Waals surface area contributed by atoms with Crippen molar-refractivity contribution >= 4 is 40.6 Å². The maximum atomic E-state index is 12.3. The minimum absolute atomic E-state index is 0.00302. The number of ether oxygens (including phenoxy) is 2. The zero-order chi connectivity index (χ0) is 22.1. The van der Waals surface area contributed by atoms with Crippen LogP contribution in [0.3, 0.4) is 0 Å². The lowest BCUT2D eigenvalue weighted by Crippen LogP contribution is -2.34. The molecule has 0 fully saturated rings. The van der Waals surface area contributed by atoms with Crippen molar-refractivity contribution < 1.29 is 24.0 Å². The summed E-state index contributed by atoms with van der Waals surface area (Å²) in [5.74, 6) is -0.980. The summed E-state index contributed by atoms with van der Waals surface area (Å²) in [6.45, 7) is 2.38. The number of carbonyl (C=O) groups is 2. The molecule has 0 aromatic heterocycles. The molecule has 2 aromatic carbocycles. The molecule has 10 heteroatoms. The van der Waals surface area contributed by atoms with Gasteiger partial charge in [-0.05, 0) is 55.0 Å². The molecule has 0 saturated heterocycles. The smallest absolute Gasteiger partial charge is 0.338 e. The highest BCUT2D eigenvalue weighted by molar-refractivity contribution is 7.80. The van der Waals surface area contributed by atoms with E-state index in [2.05, 4.69) is 10.6 Å². The molecule has 0 heterocycles. The number of hydrogen-bond donors (Lipinski definition) is 2. The molecule has 0 saturated carbocycles. The molecule has 0 bridgehead atoms. The molecule has 2 N–H and O–H groups in total. The molecule has 2 rings (SSSR count). The highest BCUT2D eigenvalue weighted by Crippen LogP contribution is 2.27. The SMILES string of the molecule is CCCCOC(=O)c1ccc(NC(=S)NC(=O)c2ccc(OC)c([N+](=O)[O-])c2)cc1. The Bertz CT molecular complexity index is 946. The molecule has 1 amide bonds. The summed E-state index contributed by atoms with van der Waals surface area (Å²) in [4.78, 5) is 34.7. The van der Waals surface area contributed by atoms with Crippen molar-refractivity contribution in [3.8, 4) is 5.75 Å². The Kier molecular flexibility index (Phi) is 8.24. The first-order chi connectivity index (χ1) is 14.3. The number of nitro groups is 1. The molecule has 0 aliphatic carbocycles. The Balaban J connectivity index is 1.97. The number of hydrogen-bond acceptors (Lipinski definition) is 7. The summed E-state index contributed by atoms with van der Waals surface area (Å²) in [6, 6.07) is 10.2. The van der Waals surface area contributed by atoms with Gasteiger partial charge in [-0.3, -0.25) is 20.2 Å². The van der Waals surface area contributed by atoms with Gasteiger partial charge in [0.15, 0.2) is 10.9 Å². The Morgan fingerprint density at radius 1 is 1.13 bits per heavy atom. The van der Waals surface area contributed by atoms with E-state index in [1.165, 1.54) is 19.2 Å². The van der Waals surface area contributed by atoms with Crippen LogP contribution in [0.4, 0.5) is 11.4 Å². The molecule has 0 radical (unpaired) electrons. The van der Waals surface area contributed by atoms with Gasteiger partial charge >= 0.3 is 11.7 Å². The molecule has 0 atom stereocenters. The molecule has 2 aromatic rings. The van der Waals surface area contributed by atoms with Crippen molar-refractivity contribution in [1.82, 2.24) is 5.32 Å². The standard InChI is InChI=1S/C20H21N3O6S/c1-3-4-11-29-19(25)13-5-8-15(9-6-13)21-20(30)22-18(24)14-7-10-17(28-2)16(12-14)23(26)27/h5-10,12H,3-4,11H2,1-2H3,(H2,21,22,24,30). The molecular weight excluding hydrogens is 410 g/mol. The van der Waals surface area contributed by atoms with Crippen molar-refractivity contribution in [3.05, 3.63) is 63.7 Å². The molecule has 0 aliphatic rings. The highest BCUT2D eigenvalue weighted by Gasteiger charge is 2.18. The van der Waals surface area contributed by atoms with Crippen LogP contribution in [-0.4, -0.2) is 35.6 Å². The quantitative estimate of drug-likeness (QED) is 0.213. The fourth-order valence-corrected chi connectivity index (χ4v) is 2.60. The van der Waals surface area contributed by atoms with Gasteiger partial charge in [0.25, 0.3) is 5.91 Å². The van der Waals surface area contributed by atoms with Gasteiger partial charge in [0.05, 0.1) is 24.2 Å². The second-order valence-electron chi connectivity index (χ2n) is 6.12. The summed E-state index contributed by atoms with van der Waals surface area (Å²) >= 11 is 5.11. The third kappa shape index (κ3) is 6.24. The van der Waals surface area contributed by atoms with Crippen LogP contribution in [0.1, 0.15) is 40.5 Å². The number of methoxy groups -OCH3 is 1. The Labute approximate surface area is 178 Å². The summed E-state index contributed by atoms with van der Waals surface area (Å²) in [7, 11) is 1.30. The average Bonchev–Trinajstić information content (AvgIpc) is 2.73. The predicted molar refractivity (Wildman–Crippen MR) is 115 cm³/mol. The summed E-state index contributed by atoms with van der Waals surface area (Å²) < 4.78 is 10.0. The number of unbranched alkanes of at least 4 members (excludes halogenated alkanes) is 1. The maximum Gasteiger partial charge on any atom is 0.338 e. The van der Waals surface area contributed by atoms with Gasteiger partial charge < -0.3 is 14.8 Å². The van der Waals surface area contributed by atoms with E-state index in [9.17, 15) is 19.7 Å². The van der Waals surface area contributed by atoms with E-state index in [1.54, 1.807) is 24.3 Å². The van der Waals surface area contributed by atoms with Gasteiger partial charge in [0.2, 0.25) is 0 Å². The van der Waals surface area contributed by atoms with Crippen LogP contribution in [0.25, 0.3) is 0 Å². The van der Waals surface area contributed by atoms with E-state index < -0.39 is 16.8 Å². The molecule has 9 nitrogen and oxygen atoms in total. The lowest BCUT2D eigenvalue weighted by Gasteiger charge is -2.11. The number of anilines is 1. The van der Waals surface area contributed by atoms with Crippen molar-refractivity contribution in [1.29, 1.82) is 0 Å². The van der Waals surface area contributed by atoms with Gasteiger partial charge in [-0.15, -0.1) is 0 Å². The van der Waals surface area contributed by atoms with Gasteiger partial charge in [-0.2, -0.15) is 0 Å². The van der Waals surface area contributed by atoms with E-state index in [4.69, 9.17) is 21.7 Å². The number of rotatable bonds is 8. The minimum atomic E-state index is -0.638.